The van der Waals surface area contributed by atoms with Crippen LogP contribution in [0.4, 0.5) is 0 Å². The lowest BCUT2D eigenvalue weighted by Gasteiger charge is -2.24. The van der Waals surface area contributed by atoms with Gasteiger partial charge in [0.2, 0.25) is 0 Å². The van der Waals surface area contributed by atoms with Gasteiger partial charge in [0.25, 0.3) is 0 Å². The summed E-state index contributed by atoms with van der Waals surface area (Å²) in [6, 6.07) is 22.0. The van der Waals surface area contributed by atoms with Crippen molar-refractivity contribution >= 4 is 48.8 Å². The number of allylic oxidation sites excluding steroid dienone is 1. The monoisotopic (exact) mass is 344 g/mol. The van der Waals surface area contributed by atoms with Crippen LogP contribution >= 0.6 is 22.9 Å². The lowest BCUT2D eigenvalue weighted by molar-refractivity contribution is 0.758. The van der Waals surface area contributed by atoms with Gasteiger partial charge in [-0.3, -0.25) is 0 Å². The molecule has 2 unspecified atom stereocenters. The molecule has 4 aromatic rings. The van der Waals surface area contributed by atoms with E-state index in [-0.39, 0.29) is 0 Å². The third-order valence-corrected chi connectivity index (χ3v) is 7.06. The maximum Gasteiger partial charge on any atom is 0.0462 e. The molecule has 3 aromatic carbocycles. The second kappa shape index (κ2) is 4.50. The Hall–Kier alpha value is -2.09. The summed E-state index contributed by atoms with van der Waals surface area (Å²) in [4.78, 5) is 1.43. The Morgan fingerprint density at radius 2 is 1.62 bits per heavy atom. The molecule has 0 bridgehead atoms. The van der Waals surface area contributed by atoms with E-state index in [0.717, 1.165) is 5.03 Å². The molecular weight excluding hydrogens is 332 g/mol. The molecule has 0 aliphatic heterocycles. The summed E-state index contributed by atoms with van der Waals surface area (Å²) in [5, 5.41) is 4.97. The third kappa shape index (κ3) is 1.50. The van der Waals surface area contributed by atoms with Crippen molar-refractivity contribution < 1.29 is 0 Å². The Morgan fingerprint density at radius 1 is 0.833 bits per heavy atom. The number of rotatable bonds is 0. The van der Waals surface area contributed by atoms with Gasteiger partial charge in [-0.25, -0.2) is 0 Å². The topological polar surface area (TPSA) is 0 Å². The highest BCUT2D eigenvalue weighted by Crippen LogP contribution is 2.58. The zero-order valence-corrected chi connectivity index (χ0v) is 14.4. The van der Waals surface area contributed by atoms with Crippen LogP contribution in [0.3, 0.4) is 0 Å². The second-order valence-corrected chi connectivity index (χ2v) is 8.14. The van der Waals surface area contributed by atoms with Gasteiger partial charge in [-0.05, 0) is 28.0 Å². The molecule has 2 aliphatic rings. The minimum Gasteiger partial charge on any atom is -0.139 e. The van der Waals surface area contributed by atoms with E-state index in [4.69, 9.17) is 11.6 Å². The van der Waals surface area contributed by atoms with Gasteiger partial charge in [-0.15, -0.1) is 11.3 Å². The standard InChI is InChI=1S/C22H13ClS/c23-17-11-16-13-8-3-5-12-6-4-9-15(19(12)13)20(16)22-21(17)14-7-1-2-10-18(14)24-22/h1-11,16,20H. The first-order valence-electron chi connectivity index (χ1n) is 8.23. The highest BCUT2D eigenvalue weighted by atomic mass is 35.5. The largest absolute Gasteiger partial charge is 0.139 e. The molecule has 0 spiro atoms. The molecule has 0 saturated carbocycles. The number of halogens is 1. The minimum absolute atomic E-state index is 0.360. The molecule has 0 amide bonds. The first kappa shape index (κ1) is 13.2. The van der Waals surface area contributed by atoms with Gasteiger partial charge in [0.1, 0.15) is 0 Å². The molecule has 1 heterocycles. The molecule has 2 heteroatoms. The Balaban J connectivity index is 1.75. The number of thiophene rings is 1. The Kier molecular flexibility index (Phi) is 2.48. The van der Waals surface area contributed by atoms with Crippen LogP contribution in [0.25, 0.3) is 25.9 Å². The molecule has 0 fully saturated rings. The van der Waals surface area contributed by atoms with Crippen molar-refractivity contribution in [1.29, 1.82) is 0 Å². The summed E-state index contributed by atoms with van der Waals surface area (Å²) in [5.74, 6) is 0.764. The number of hydrogen-bond acceptors (Lipinski definition) is 1. The molecule has 6 rings (SSSR count). The summed E-state index contributed by atoms with van der Waals surface area (Å²) < 4.78 is 1.33. The summed E-state index contributed by atoms with van der Waals surface area (Å²) in [5.41, 5.74) is 4.14. The molecule has 24 heavy (non-hydrogen) atoms. The van der Waals surface area contributed by atoms with E-state index >= 15 is 0 Å². The van der Waals surface area contributed by atoms with Crippen molar-refractivity contribution in [3.63, 3.8) is 0 Å². The number of hydrogen-bond donors (Lipinski definition) is 0. The zero-order valence-electron chi connectivity index (χ0n) is 12.8. The lowest BCUT2D eigenvalue weighted by Crippen LogP contribution is -2.09. The summed E-state index contributed by atoms with van der Waals surface area (Å²) in [6.45, 7) is 0. The molecule has 2 aliphatic carbocycles. The lowest BCUT2D eigenvalue weighted by atomic mass is 9.82. The van der Waals surface area contributed by atoms with Crippen LogP contribution in [0.5, 0.6) is 0 Å². The summed E-state index contributed by atoms with van der Waals surface area (Å²) in [7, 11) is 0. The third-order valence-electron chi connectivity index (χ3n) is 5.49. The van der Waals surface area contributed by atoms with Crippen molar-refractivity contribution in [2.45, 2.75) is 11.8 Å². The van der Waals surface area contributed by atoms with Crippen LogP contribution in [0.2, 0.25) is 0 Å². The molecule has 0 nitrogen and oxygen atoms in total. The van der Waals surface area contributed by atoms with Crippen molar-refractivity contribution in [2.24, 2.45) is 0 Å². The normalized spacial score (nSPS) is 21.0. The maximum atomic E-state index is 6.78. The van der Waals surface area contributed by atoms with Crippen molar-refractivity contribution in [2.75, 3.05) is 0 Å². The fourth-order valence-corrected chi connectivity index (χ4v) is 6.35. The summed E-state index contributed by atoms with van der Waals surface area (Å²) in [6.07, 6.45) is 2.28. The Morgan fingerprint density at radius 3 is 2.50 bits per heavy atom. The van der Waals surface area contributed by atoms with E-state index in [1.54, 1.807) is 0 Å². The van der Waals surface area contributed by atoms with E-state index in [1.165, 1.54) is 42.4 Å². The van der Waals surface area contributed by atoms with Gasteiger partial charge >= 0.3 is 0 Å². The highest BCUT2D eigenvalue weighted by Gasteiger charge is 2.40. The van der Waals surface area contributed by atoms with Gasteiger partial charge in [0.15, 0.2) is 0 Å². The van der Waals surface area contributed by atoms with Gasteiger partial charge in [0.05, 0.1) is 0 Å². The van der Waals surface area contributed by atoms with E-state index in [0.29, 0.717) is 11.8 Å². The van der Waals surface area contributed by atoms with E-state index in [2.05, 4.69) is 66.7 Å². The molecular formula is C22H13ClS. The predicted molar refractivity (Wildman–Crippen MR) is 104 cm³/mol. The van der Waals surface area contributed by atoms with Crippen LogP contribution in [-0.4, -0.2) is 0 Å². The smallest absolute Gasteiger partial charge is 0.0462 e. The van der Waals surface area contributed by atoms with Gasteiger partial charge in [-0.1, -0.05) is 72.3 Å². The number of fused-ring (bicyclic) bond motifs is 7. The SMILES string of the molecule is ClC1=CC2c3cccc4cccc(c34)C2c2sc3ccccc3c21. The maximum absolute atomic E-state index is 6.78. The van der Waals surface area contributed by atoms with Crippen LogP contribution in [-0.2, 0) is 0 Å². The Labute approximate surface area is 149 Å². The van der Waals surface area contributed by atoms with Gasteiger partial charge in [0, 0.05) is 37.4 Å². The molecule has 114 valence electrons. The highest BCUT2D eigenvalue weighted by molar-refractivity contribution is 7.19. The van der Waals surface area contributed by atoms with Gasteiger partial charge < -0.3 is 0 Å². The first-order chi connectivity index (χ1) is 11.8. The first-order valence-corrected chi connectivity index (χ1v) is 9.43. The van der Waals surface area contributed by atoms with Crippen molar-refractivity contribution in [1.82, 2.24) is 0 Å². The van der Waals surface area contributed by atoms with Crippen LogP contribution in [0, 0.1) is 0 Å². The van der Waals surface area contributed by atoms with E-state index in [1.807, 2.05) is 11.3 Å². The quantitative estimate of drug-likeness (QED) is 0.326. The fourth-order valence-electron chi connectivity index (χ4n) is 4.57. The van der Waals surface area contributed by atoms with Gasteiger partial charge in [-0.2, -0.15) is 0 Å². The molecule has 0 saturated heterocycles. The van der Waals surface area contributed by atoms with Crippen LogP contribution in [0.1, 0.15) is 33.4 Å². The van der Waals surface area contributed by atoms with Crippen molar-refractivity contribution in [3.8, 4) is 0 Å². The number of benzene rings is 3. The molecule has 2 atom stereocenters. The molecule has 0 N–H and O–H groups in total. The van der Waals surface area contributed by atoms with E-state index < -0.39 is 0 Å². The summed E-state index contributed by atoms with van der Waals surface area (Å²) >= 11 is 8.69. The van der Waals surface area contributed by atoms with E-state index in [9.17, 15) is 0 Å². The van der Waals surface area contributed by atoms with Crippen LogP contribution in [0.15, 0.2) is 66.7 Å². The molecule has 1 aromatic heterocycles. The average Bonchev–Trinajstić information content (AvgIpc) is 3.14. The predicted octanol–water partition coefficient (Wildman–Crippen LogP) is 6.88. The Bertz CT molecular complexity index is 1180. The van der Waals surface area contributed by atoms with Crippen molar-refractivity contribution in [3.05, 3.63) is 88.3 Å². The fraction of sp³-hybridized carbons (Fsp3) is 0.0909. The second-order valence-electron chi connectivity index (χ2n) is 6.65. The average molecular weight is 345 g/mol. The molecule has 0 radical (unpaired) electrons. The van der Waals surface area contributed by atoms with Crippen LogP contribution < -0.4 is 0 Å². The zero-order chi connectivity index (χ0) is 15.8. The minimum atomic E-state index is 0.360.